The van der Waals surface area contributed by atoms with Crippen LogP contribution in [0, 0.1) is 12.8 Å². The molecule has 0 bridgehead atoms. The van der Waals surface area contributed by atoms with Gasteiger partial charge in [0.05, 0.1) is 18.1 Å². The predicted octanol–water partition coefficient (Wildman–Crippen LogP) is 1.60. The molecule has 35 heavy (non-hydrogen) atoms. The average Bonchev–Trinajstić information content (AvgIpc) is 3.23. The molecule has 1 spiro atoms. The summed E-state index contributed by atoms with van der Waals surface area (Å²) in [5, 5.41) is 21.9. The molecule has 2 aliphatic carbocycles. The Kier molecular flexibility index (Phi) is 5.47. The van der Waals surface area contributed by atoms with Gasteiger partial charge in [-0.05, 0) is 64.3 Å². The van der Waals surface area contributed by atoms with E-state index >= 15 is 0 Å². The second-order valence-electron chi connectivity index (χ2n) is 10.5. The summed E-state index contributed by atoms with van der Waals surface area (Å²) >= 11 is 0. The molecule has 2 N–H and O–H groups in total. The summed E-state index contributed by atoms with van der Waals surface area (Å²) < 4.78 is 23.1. The van der Waals surface area contributed by atoms with E-state index in [0.29, 0.717) is 35.7 Å². The minimum Gasteiger partial charge on any atom is -0.493 e. The largest absolute Gasteiger partial charge is 0.493 e. The van der Waals surface area contributed by atoms with Gasteiger partial charge < -0.3 is 29.2 Å². The van der Waals surface area contributed by atoms with Gasteiger partial charge in [-0.15, -0.1) is 0 Å². The zero-order valence-electron chi connectivity index (χ0n) is 21.0. The van der Waals surface area contributed by atoms with Crippen LogP contribution in [0.3, 0.4) is 0 Å². The number of carbonyl (C=O) groups excluding carboxylic acids is 2. The van der Waals surface area contributed by atoms with Crippen LogP contribution in [-0.2, 0) is 24.5 Å². The highest BCUT2D eigenvalue weighted by atomic mass is 16.6. The first-order valence-electron chi connectivity index (χ1n) is 12.0. The highest BCUT2D eigenvalue weighted by Gasteiger charge is 2.76. The van der Waals surface area contributed by atoms with Crippen molar-refractivity contribution in [3.8, 4) is 11.5 Å². The lowest BCUT2D eigenvalue weighted by Gasteiger charge is -2.53. The lowest BCUT2D eigenvalue weighted by Crippen LogP contribution is -2.67. The summed E-state index contributed by atoms with van der Waals surface area (Å²) in [7, 11) is 3.60. The molecule has 0 amide bonds. The number of aryl methyl sites for hydroxylation is 1. The first-order chi connectivity index (χ1) is 16.5. The number of hydrogen-bond donors (Lipinski definition) is 2. The average molecular weight is 488 g/mol. The van der Waals surface area contributed by atoms with E-state index in [1.165, 1.54) is 13.8 Å². The molecule has 2 fully saturated rings. The number of ether oxygens (including phenoxy) is 4. The molecule has 1 aromatic carbocycles. The number of benzene rings is 1. The topological polar surface area (TPSA) is 115 Å². The van der Waals surface area contributed by atoms with Gasteiger partial charge in [0.2, 0.25) is 0 Å². The van der Waals surface area contributed by atoms with Crippen LogP contribution in [0.5, 0.6) is 11.5 Å². The van der Waals surface area contributed by atoms with Crippen LogP contribution in [0.4, 0.5) is 0 Å². The zero-order valence-corrected chi connectivity index (χ0v) is 21.0. The Morgan fingerprint density at radius 3 is 2.57 bits per heavy atom. The van der Waals surface area contributed by atoms with Crippen molar-refractivity contribution in [2.24, 2.45) is 5.92 Å². The van der Waals surface area contributed by atoms with Crippen LogP contribution in [0.1, 0.15) is 44.7 Å². The third-order valence-corrected chi connectivity index (χ3v) is 8.34. The summed E-state index contributed by atoms with van der Waals surface area (Å²) in [6, 6.07) is 3.77. The third kappa shape index (κ3) is 3.11. The summed E-state index contributed by atoms with van der Waals surface area (Å²) in [6.45, 7) is 7.37. The van der Waals surface area contributed by atoms with Gasteiger partial charge in [-0.3, -0.25) is 4.90 Å². The number of likely N-dealkylation sites (N-methyl/N-ethyl adjacent to an activating group) is 1. The summed E-state index contributed by atoms with van der Waals surface area (Å²) in [4.78, 5) is 26.9. The van der Waals surface area contributed by atoms with E-state index in [9.17, 15) is 19.8 Å². The molecule has 1 aromatic rings. The molecule has 9 nitrogen and oxygen atoms in total. The number of carbonyl (C=O) groups is 2. The van der Waals surface area contributed by atoms with Gasteiger partial charge in [-0.1, -0.05) is 6.07 Å². The molecule has 2 aliphatic heterocycles. The van der Waals surface area contributed by atoms with Gasteiger partial charge in [-0.2, -0.15) is 0 Å². The van der Waals surface area contributed by atoms with E-state index in [4.69, 9.17) is 18.9 Å². The lowest BCUT2D eigenvalue weighted by atomic mass is 9.59. The van der Waals surface area contributed by atoms with Crippen LogP contribution >= 0.6 is 0 Å². The minimum absolute atomic E-state index is 0.0386. The quantitative estimate of drug-likeness (QED) is 0.598. The minimum atomic E-state index is -1.35. The highest BCUT2D eigenvalue weighted by molar-refractivity contribution is 5.81. The predicted molar refractivity (Wildman–Crippen MR) is 124 cm³/mol. The smallest absolute Gasteiger partial charge is 0.352 e. The Balaban J connectivity index is 1.59. The van der Waals surface area contributed by atoms with Crippen molar-refractivity contribution in [2.45, 2.75) is 75.9 Å². The van der Waals surface area contributed by atoms with Crippen LogP contribution in [0.2, 0.25) is 0 Å². The van der Waals surface area contributed by atoms with E-state index in [-0.39, 0.29) is 12.0 Å². The number of fused-ring (bicyclic) bond motifs is 3. The SMILES string of the molecule is COc1ccc(C)c2c1OC1C(OC(=O)[C@H](C)OC(=O)[C@H](C)O)=C(C)C[C@@]3(O)[C@H]4C(CN4C)C[C@]213. The Morgan fingerprint density at radius 2 is 1.94 bits per heavy atom. The first kappa shape index (κ1) is 24.1. The van der Waals surface area contributed by atoms with Crippen molar-refractivity contribution < 1.29 is 38.7 Å². The maximum atomic E-state index is 13.0. The molecule has 2 heterocycles. The Morgan fingerprint density at radius 1 is 1.23 bits per heavy atom. The maximum Gasteiger partial charge on any atom is 0.352 e. The first-order valence-corrected chi connectivity index (χ1v) is 12.0. The van der Waals surface area contributed by atoms with E-state index < -0.39 is 41.3 Å². The van der Waals surface area contributed by atoms with Crippen LogP contribution in [-0.4, -0.2) is 77.7 Å². The standard InChI is InChI=1S/C26H33NO8/c1-12-7-8-17(32-6)20-18(12)25-10-16-11-27(5)21(16)26(25,31)9-13(2)19(22(25)34-20)35-24(30)15(4)33-23(29)14(3)28/h7-8,14-16,21-22,28,31H,9-11H2,1-6H3/t14-,15-,16?,21+,22?,25-,26+/m0/s1. The molecule has 5 rings (SSSR count). The molecule has 9 heteroatoms. The van der Waals surface area contributed by atoms with Gasteiger partial charge in [0.15, 0.2) is 23.7 Å². The van der Waals surface area contributed by atoms with Gasteiger partial charge in [-0.25, -0.2) is 9.59 Å². The van der Waals surface area contributed by atoms with E-state index in [0.717, 1.165) is 17.7 Å². The van der Waals surface area contributed by atoms with Crippen molar-refractivity contribution in [3.05, 3.63) is 34.6 Å². The van der Waals surface area contributed by atoms with Crippen LogP contribution in [0.15, 0.2) is 23.5 Å². The number of aliphatic hydroxyl groups excluding tert-OH is 1. The second-order valence-corrected chi connectivity index (χ2v) is 10.5. The number of aliphatic hydroxyl groups is 2. The van der Waals surface area contributed by atoms with Crippen LogP contribution in [0.25, 0.3) is 0 Å². The van der Waals surface area contributed by atoms with Crippen molar-refractivity contribution in [1.82, 2.24) is 4.90 Å². The van der Waals surface area contributed by atoms with E-state index in [1.807, 2.05) is 33.0 Å². The zero-order chi connectivity index (χ0) is 25.4. The fourth-order valence-electron chi connectivity index (χ4n) is 6.99. The Bertz CT molecular complexity index is 1130. The van der Waals surface area contributed by atoms with Gasteiger partial charge in [0.1, 0.15) is 11.9 Å². The second kappa shape index (κ2) is 7.94. The summed E-state index contributed by atoms with van der Waals surface area (Å²) in [5.41, 5.74) is 0.649. The molecule has 0 radical (unpaired) electrons. The van der Waals surface area contributed by atoms with E-state index in [1.54, 1.807) is 7.11 Å². The van der Waals surface area contributed by atoms with Crippen molar-refractivity contribution in [3.63, 3.8) is 0 Å². The fraction of sp³-hybridized carbons (Fsp3) is 0.615. The van der Waals surface area contributed by atoms with Gasteiger partial charge >= 0.3 is 11.9 Å². The van der Waals surface area contributed by atoms with Crippen molar-refractivity contribution >= 4 is 11.9 Å². The number of likely N-dealkylation sites (tertiary alicyclic amines) is 1. The third-order valence-electron chi connectivity index (χ3n) is 8.34. The molecule has 190 valence electrons. The van der Waals surface area contributed by atoms with Gasteiger partial charge in [0, 0.05) is 24.6 Å². The monoisotopic (exact) mass is 487 g/mol. The molecular weight excluding hydrogens is 454 g/mol. The fourth-order valence-corrected chi connectivity index (χ4v) is 6.99. The number of methoxy groups -OCH3 is 1. The number of rotatable bonds is 5. The van der Waals surface area contributed by atoms with Crippen molar-refractivity contribution in [2.75, 3.05) is 20.7 Å². The summed E-state index contributed by atoms with van der Waals surface area (Å²) in [6.07, 6.45) is -2.31. The normalized spacial score (nSPS) is 34.5. The highest BCUT2D eigenvalue weighted by Crippen LogP contribution is 2.69. The molecule has 4 aliphatic rings. The molecule has 1 saturated heterocycles. The van der Waals surface area contributed by atoms with Crippen molar-refractivity contribution in [1.29, 1.82) is 0 Å². The lowest BCUT2D eigenvalue weighted by molar-refractivity contribution is -0.171. The molecule has 1 saturated carbocycles. The van der Waals surface area contributed by atoms with E-state index in [2.05, 4.69) is 4.90 Å². The number of esters is 2. The Hall–Kier alpha value is -2.62. The number of hydrogen-bond acceptors (Lipinski definition) is 9. The van der Waals surface area contributed by atoms with Gasteiger partial charge in [0.25, 0.3) is 0 Å². The Labute approximate surface area is 204 Å². The molecule has 7 atom stereocenters. The maximum absolute atomic E-state index is 13.0. The van der Waals surface area contributed by atoms with Crippen LogP contribution < -0.4 is 9.47 Å². The summed E-state index contributed by atoms with van der Waals surface area (Å²) in [5.74, 6) is 0.0662. The molecule has 0 aromatic heterocycles. The number of nitrogens with zero attached hydrogens (tertiary/aromatic N) is 1. The molecular formula is C26H33NO8. The molecule has 2 unspecified atom stereocenters.